The molecule has 4 nitrogen and oxygen atoms in total. The van der Waals surface area contributed by atoms with Crippen LogP contribution in [0.3, 0.4) is 0 Å². The van der Waals surface area contributed by atoms with Crippen molar-refractivity contribution >= 4 is 5.91 Å². The average molecular weight is 257 g/mol. The first kappa shape index (κ1) is 13.3. The van der Waals surface area contributed by atoms with Gasteiger partial charge in [0, 0.05) is 31.4 Å². The fraction of sp³-hybridized carbons (Fsp3) is 0.333. The molecule has 1 aromatic carbocycles. The number of carbonyl (C=O) groups is 1. The van der Waals surface area contributed by atoms with E-state index in [1.807, 2.05) is 29.8 Å². The van der Waals surface area contributed by atoms with Crippen LogP contribution in [0, 0.1) is 6.92 Å². The van der Waals surface area contributed by atoms with Crippen LogP contribution in [0.15, 0.2) is 43.0 Å². The first-order valence-corrected chi connectivity index (χ1v) is 6.45. The second-order valence-corrected chi connectivity index (χ2v) is 4.83. The van der Waals surface area contributed by atoms with Crippen molar-refractivity contribution in [1.29, 1.82) is 0 Å². The van der Waals surface area contributed by atoms with Gasteiger partial charge < -0.3 is 9.88 Å². The van der Waals surface area contributed by atoms with E-state index in [1.54, 1.807) is 12.5 Å². The SMILES string of the molecule is Cc1ccc(CNC(=O)CC(C)n2ccnc2)cc1. The van der Waals surface area contributed by atoms with Crippen LogP contribution in [-0.4, -0.2) is 15.5 Å². The summed E-state index contributed by atoms with van der Waals surface area (Å²) in [4.78, 5) is 15.8. The van der Waals surface area contributed by atoms with Gasteiger partial charge in [0.2, 0.25) is 5.91 Å². The number of benzene rings is 1. The third-order valence-electron chi connectivity index (χ3n) is 3.12. The second kappa shape index (κ2) is 6.18. The number of aryl methyl sites for hydroxylation is 1. The van der Waals surface area contributed by atoms with Gasteiger partial charge in [0.15, 0.2) is 0 Å². The molecule has 0 aliphatic carbocycles. The fourth-order valence-corrected chi connectivity index (χ4v) is 1.88. The van der Waals surface area contributed by atoms with E-state index >= 15 is 0 Å². The quantitative estimate of drug-likeness (QED) is 0.894. The van der Waals surface area contributed by atoms with Crippen molar-refractivity contribution in [2.45, 2.75) is 32.9 Å². The number of nitrogens with one attached hydrogen (secondary N) is 1. The molecule has 19 heavy (non-hydrogen) atoms. The molecule has 4 heteroatoms. The van der Waals surface area contributed by atoms with Crippen molar-refractivity contribution < 1.29 is 4.79 Å². The molecule has 1 aromatic heterocycles. The number of carbonyl (C=O) groups excluding carboxylic acids is 1. The normalized spacial score (nSPS) is 12.1. The van der Waals surface area contributed by atoms with Gasteiger partial charge in [-0.25, -0.2) is 4.98 Å². The Kier molecular flexibility index (Phi) is 4.34. The number of rotatable bonds is 5. The van der Waals surface area contributed by atoms with Crippen molar-refractivity contribution in [3.8, 4) is 0 Å². The number of imidazole rings is 1. The van der Waals surface area contributed by atoms with Crippen LogP contribution < -0.4 is 5.32 Å². The van der Waals surface area contributed by atoms with E-state index in [2.05, 4.69) is 29.4 Å². The molecule has 0 aliphatic heterocycles. The van der Waals surface area contributed by atoms with Crippen LogP contribution >= 0.6 is 0 Å². The molecular weight excluding hydrogens is 238 g/mol. The summed E-state index contributed by atoms with van der Waals surface area (Å²) in [5.41, 5.74) is 2.35. The fourth-order valence-electron chi connectivity index (χ4n) is 1.88. The molecule has 0 fully saturated rings. The standard InChI is InChI=1S/C15H19N3O/c1-12-3-5-14(6-4-12)10-17-15(19)9-13(2)18-8-7-16-11-18/h3-8,11,13H,9-10H2,1-2H3,(H,17,19). The first-order valence-electron chi connectivity index (χ1n) is 6.45. The molecule has 100 valence electrons. The van der Waals surface area contributed by atoms with E-state index in [1.165, 1.54) is 5.56 Å². The topological polar surface area (TPSA) is 46.9 Å². The summed E-state index contributed by atoms with van der Waals surface area (Å²) >= 11 is 0. The highest BCUT2D eigenvalue weighted by Gasteiger charge is 2.09. The summed E-state index contributed by atoms with van der Waals surface area (Å²) in [6, 6.07) is 8.30. The minimum Gasteiger partial charge on any atom is -0.352 e. The van der Waals surface area contributed by atoms with Gasteiger partial charge in [0.25, 0.3) is 0 Å². The molecule has 0 bridgehead atoms. The molecule has 0 spiro atoms. The Morgan fingerprint density at radius 3 is 2.74 bits per heavy atom. The van der Waals surface area contributed by atoms with Crippen LogP contribution in [0.2, 0.25) is 0 Å². The summed E-state index contributed by atoms with van der Waals surface area (Å²) in [5.74, 6) is 0.0572. The van der Waals surface area contributed by atoms with Gasteiger partial charge in [-0.05, 0) is 19.4 Å². The molecular formula is C15H19N3O. The van der Waals surface area contributed by atoms with Gasteiger partial charge >= 0.3 is 0 Å². The van der Waals surface area contributed by atoms with Gasteiger partial charge in [0.05, 0.1) is 6.33 Å². The Morgan fingerprint density at radius 1 is 1.37 bits per heavy atom. The molecule has 1 atom stereocenters. The predicted octanol–water partition coefficient (Wildman–Crippen LogP) is 2.46. The predicted molar refractivity (Wildman–Crippen MR) is 74.6 cm³/mol. The number of hydrogen-bond donors (Lipinski definition) is 1. The van der Waals surface area contributed by atoms with E-state index in [-0.39, 0.29) is 11.9 Å². The lowest BCUT2D eigenvalue weighted by Crippen LogP contribution is -2.25. The number of aromatic nitrogens is 2. The van der Waals surface area contributed by atoms with Crippen LogP contribution in [-0.2, 0) is 11.3 Å². The zero-order chi connectivity index (χ0) is 13.7. The highest BCUT2D eigenvalue weighted by Crippen LogP contribution is 2.09. The summed E-state index contributed by atoms with van der Waals surface area (Å²) < 4.78 is 1.94. The van der Waals surface area contributed by atoms with E-state index in [0.29, 0.717) is 13.0 Å². The van der Waals surface area contributed by atoms with Crippen LogP contribution in [0.5, 0.6) is 0 Å². The zero-order valence-electron chi connectivity index (χ0n) is 11.3. The second-order valence-electron chi connectivity index (χ2n) is 4.83. The maximum absolute atomic E-state index is 11.8. The molecule has 0 aliphatic rings. The third-order valence-corrected chi connectivity index (χ3v) is 3.12. The summed E-state index contributed by atoms with van der Waals surface area (Å²) in [6.45, 7) is 4.64. The minimum absolute atomic E-state index is 0.0572. The number of amides is 1. The molecule has 1 N–H and O–H groups in total. The van der Waals surface area contributed by atoms with Gasteiger partial charge in [0.1, 0.15) is 0 Å². The molecule has 2 rings (SSSR count). The highest BCUT2D eigenvalue weighted by atomic mass is 16.1. The number of hydrogen-bond acceptors (Lipinski definition) is 2. The van der Waals surface area contributed by atoms with Crippen molar-refractivity contribution in [3.63, 3.8) is 0 Å². The lowest BCUT2D eigenvalue weighted by Gasteiger charge is -2.13. The van der Waals surface area contributed by atoms with Gasteiger partial charge in [-0.3, -0.25) is 4.79 Å². The van der Waals surface area contributed by atoms with Crippen molar-refractivity contribution in [2.24, 2.45) is 0 Å². The zero-order valence-corrected chi connectivity index (χ0v) is 11.3. The summed E-state index contributed by atoms with van der Waals surface area (Å²) in [6.07, 6.45) is 5.79. The average Bonchev–Trinajstić information content (AvgIpc) is 2.92. The number of nitrogens with zero attached hydrogens (tertiary/aromatic N) is 2. The largest absolute Gasteiger partial charge is 0.352 e. The van der Waals surface area contributed by atoms with Gasteiger partial charge in [-0.15, -0.1) is 0 Å². The molecule has 1 amide bonds. The van der Waals surface area contributed by atoms with E-state index in [0.717, 1.165) is 5.56 Å². The van der Waals surface area contributed by atoms with Gasteiger partial charge in [-0.1, -0.05) is 29.8 Å². The molecule has 0 radical (unpaired) electrons. The summed E-state index contributed by atoms with van der Waals surface area (Å²) in [5, 5.41) is 2.94. The summed E-state index contributed by atoms with van der Waals surface area (Å²) in [7, 11) is 0. The van der Waals surface area contributed by atoms with Crippen molar-refractivity contribution in [1.82, 2.24) is 14.9 Å². The van der Waals surface area contributed by atoms with E-state index in [4.69, 9.17) is 0 Å². The van der Waals surface area contributed by atoms with Crippen LogP contribution in [0.4, 0.5) is 0 Å². The van der Waals surface area contributed by atoms with Crippen molar-refractivity contribution in [2.75, 3.05) is 0 Å². The monoisotopic (exact) mass is 257 g/mol. The molecule has 1 unspecified atom stereocenters. The molecule has 0 saturated heterocycles. The van der Waals surface area contributed by atoms with Crippen LogP contribution in [0.25, 0.3) is 0 Å². The van der Waals surface area contributed by atoms with Gasteiger partial charge in [-0.2, -0.15) is 0 Å². The lowest BCUT2D eigenvalue weighted by molar-refractivity contribution is -0.121. The smallest absolute Gasteiger partial charge is 0.222 e. The lowest BCUT2D eigenvalue weighted by atomic mass is 10.1. The Balaban J connectivity index is 1.80. The third kappa shape index (κ3) is 3.95. The maximum atomic E-state index is 11.8. The molecule has 0 saturated carbocycles. The van der Waals surface area contributed by atoms with E-state index < -0.39 is 0 Å². The Morgan fingerprint density at radius 2 is 2.11 bits per heavy atom. The van der Waals surface area contributed by atoms with E-state index in [9.17, 15) is 4.79 Å². The highest BCUT2D eigenvalue weighted by molar-refractivity contribution is 5.76. The Bertz CT molecular complexity index is 517. The minimum atomic E-state index is 0.0572. The maximum Gasteiger partial charge on any atom is 0.222 e. The van der Waals surface area contributed by atoms with Crippen LogP contribution in [0.1, 0.15) is 30.5 Å². The Hall–Kier alpha value is -2.10. The first-order chi connectivity index (χ1) is 9.15. The molecule has 1 heterocycles. The Labute approximate surface area is 113 Å². The molecule has 2 aromatic rings. The van der Waals surface area contributed by atoms with Crippen molar-refractivity contribution in [3.05, 3.63) is 54.1 Å².